The van der Waals surface area contributed by atoms with Gasteiger partial charge in [-0.05, 0) is 0 Å². The number of rotatable bonds is 4. The minimum Gasteiger partial charge on any atom is -1.00 e. The molecule has 1 saturated heterocycles. The van der Waals surface area contributed by atoms with Crippen LogP contribution < -0.4 is 24.8 Å². The van der Waals surface area contributed by atoms with Crippen LogP contribution in [-0.4, -0.2) is 0 Å². The SMILES string of the molecule is CC1=[C]([Hf+2]2([C]3=C(C)C(c4ccccc4)=CC3C)[CH2][CH2]2)C(C)C=C1c1ccccc1.[Cl-].[Cl-]. The Balaban J connectivity index is 0.00000136. The van der Waals surface area contributed by atoms with Crippen LogP contribution in [0.2, 0.25) is 8.35 Å². The number of allylic oxidation sites excluding steroid dienone is 8. The van der Waals surface area contributed by atoms with Gasteiger partial charge in [-0.3, -0.25) is 0 Å². The van der Waals surface area contributed by atoms with E-state index in [4.69, 9.17) is 0 Å². The van der Waals surface area contributed by atoms with Gasteiger partial charge in [-0.25, -0.2) is 0 Å². The molecule has 160 valence electrons. The number of hydrogen-bond acceptors (Lipinski definition) is 0. The van der Waals surface area contributed by atoms with Crippen molar-refractivity contribution < 1.29 is 44.8 Å². The molecule has 2 atom stereocenters. The molecule has 1 heterocycles. The maximum atomic E-state index is 2.56. The molecule has 2 unspecified atom stereocenters. The zero-order valence-corrected chi connectivity index (χ0v) is 23.9. The fourth-order valence-corrected chi connectivity index (χ4v) is 32.3. The van der Waals surface area contributed by atoms with Crippen molar-refractivity contribution in [1.29, 1.82) is 0 Å². The Morgan fingerprint density at radius 3 is 1.29 bits per heavy atom. The van der Waals surface area contributed by atoms with Gasteiger partial charge in [0.25, 0.3) is 0 Å². The second-order valence-electron chi connectivity index (χ2n) is 9.13. The molecule has 0 spiro atoms. The van der Waals surface area contributed by atoms with Gasteiger partial charge in [0.1, 0.15) is 0 Å². The molecule has 0 radical (unpaired) electrons. The van der Waals surface area contributed by atoms with Crippen LogP contribution in [0.15, 0.2) is 90.6 Å². The van der Waals surface area contributed by atoms with Crippen LogP contribution in [0.3, 0.4) is 0 Å². The smallest absolute Gasteiger partial charge is 1.00 e. The van der Waals surface area contributed by atoms with Crippen molar-refractivity contribution in [2.45, 2.75) is 36.0 Å². The van der Waals surface area contributed by atoms with Crippen LogP contribution in [-0.2, 0) is 20.0 Å². The van der Waals surface area contributed by atoms with Gasteiger partial charge in [-0.1, -0.05) is 0 Å². The van der Waals surface area contributed by atoms with Gasteiger partial charge in [0, 0.05) is 0 Å². The summed E-state index contributed by atoms with van der Waals surface area (Å²) in [6.07, 6.45) is 5.11. The van der Waals surface area contributed by atoms with Crippen molar-refractivity contribution in [2.24, 2.45) is 11.8 Å². The van der Waals surface area contributed by atoms with Crippen molar-refractivity contribution in [1.82, 2.24) is 0 Å². The molecule has 0 N–H and O–H groups in total. The Bertz CT molecular complexity index is 1000. The van der Waals surface area contributed by atoms with E-state index in [1.165, 1.54) is 30.6 Å². The zero-order valence-electron chi connectivity index (χ0n) is 18.8. The van der Waals surface area contributed by atoms with Crippen LogP contribution in [0.25, 0.3) is 11.1 Å². The number of benzene rings is 2. The summed E-state index contributed by atoms with van der Waals surface area (Å²) in [5, 5.41) is 0. The average molecular weight is 616 g/mol. The van der Waals surface area contributed by atoms with Crippen molar-refractivity contribution in [3.8, 4) is 0 Å². The van der Waals surface area contributed by atoms with Gasteiger partial charge in [-0.2, -0.15) is 0 Å². The maximum Gasteiger partial charge on any atom is -1.00 e. The van der Waals surface area contributed by atoms with Crippen LogP contribution >= 0.6 is 0 Å². The van der Waals surface area contributed by atoms with E-state index in [1.807, 2.05) is 6.66 Å². The first-order valence-corrected chi connectivity index (χ1v) is 19.7. The summed E-state index contributed by atoms with van der Waals surface area (Å²) in [7, 11) is 0. The molecule has 3 aliphatic rings. The molecule has 0 bridgehead atoms. The third kappa shape index (κ3) is 4.03. The molecule has 1 aliphatic heterocycles. The number of hydrogen-bond donors (Lipinski definition) is 0. The summed E-state index contributed by atoms with van der Waals surface area (Å²) in [6, 6.07) is 22.0. The summed E-state index contributed by atoms with van der Waals surface area (Å²) in [4.78, 5) is 0. The van der Waals surface area contributed by atoms with Gasteiger partial charge in [0.15, 0.2) is 0 Å². The summed E-state index contributed by atoms with van der Waals surface area (Å²) in [5.41, 5.74) is 9.01. The monoisotopic (exact) mass is 616 g/mol. The first-order chi connectivity index (χ1) is 14.0. The topological polar surface area (TPSA) is 0 Å². The van der Waals surface area contributed by atoms with E-state index in [1.54, 1.807) is 11.1 Å². The molecule has 1 fully saturated rings. The van der Waals surface area contributed by atoms with E-state index < -0.39 is 20.0 Å². The van der Waals surface area contributed by atoms with Gasteiger partial charge in [0.2, 0.25) is 0 Å². The first-order valence-electron chi connectivity index (χ1n) is 11.0. The molecule has 2 aliphatic carbocycles. The maximum absolute atomic E-state index is 2.62. The average Bonchev–Trinajstić information content (AvgIpc) is 3.36. The molecule has 3 heteroatoms. The Morgan fingerprint density at radius 1 is 0.613 bits per heavy atom. The van der Waals surface area contributed by atoms with E-state index in [-0.39, 0.29) is 24.8 Å². The predicted octanol–water partition coefficient (Wildman–Crippen LogP) is 2.01. The van der Waals surface area contributed by atoms with Crippen molar-refractivity contribution >= 4 is 11.1 Å². The Labute approximate surface area is 204 Å². The minimum absolute atomic E-state index is 0. The Hall–Kier alpha value is -1.15. The minimum atomic E-state index is -2.62. The van der Waals surface area contributed by atoms with Gasteiger partial charge in [-0.15, -0.1) is 0 Å². The van der Waals surface area contributed by atoms with Crippen LogP contribution in [0.1, 0.15) is 38.8 Å². The largest absolute Gasteiger partial charge is 1.00 e. The molecule has 31 heavy (non-hydrogen) atoms. The molecule has 0 amide bonds. The summed E-state index contributed by atoms with van der Waals surface area (Å²) in [6.45, 7) is 9.74. The van der Waals surface area contributed by atoms with Crippen molar-refractivity contribution in [3.63, 3.8) is 0 Å². The van der Waals surface area contributed by atoms with E-state index in [9.17, 15) is 0 Å². The van der Waals surface area contributed by atoms with Gasteiger partial charge in [0.05, 0.1) is 0 Å². The molecule has 2 aromatic carbocycles. The molecule has 0 nitrogen and oxygen atoms in total. The van der Waals surface area contributed by atoms with E-state index in [2.05, 4.69) is 101 Å². The second-order valence-corrected chi connectivity index (χ2v) is 24.4. The fourth-order valence-electron chi connectivity index (χ4n) is 6.15. The third-order valence-electron chi connectivity index (χ3n) is 7.31. The normalized spacial score (nSPS) is 22.7. The molecule has 5 rings (SSSR count). The Morgan fingerprint density at radius 2 is 0.968 bits per heavy atom. The Kier molecular flexibility index (Phi) is 7.41. The summed E-state index contributed by atoms with van der Waals surface area (Å²) >= 11 is -2.62. The van der Waals surface area contributed by atoms with Crippen LogP contribution in [0, 0.1) is 11.8 Å². The van der Waals surface area contributed by atoms with Crippen molar-refractivity contribution in [2.75, 3.05) is 0 Å². The van der Waals surface area contributed by atoms with Gasteiger partial charge < -0.3 is 24.8 Å². The standard InChI is InChI=1S/2C13H13.C2H4.2ClH.Hf/c2*1-10-8-11(2)13(9-10)12-6-4-3-5-7-12;1-2;;;/h2*3-7,9-10H,1-2H3;1-2H2;2*1H;/q;;;;;+2/p-2. The molecular weight excluding hydrogens is 586 g/mol. The third-order valence-corrected chi connectivity index (χ3v) is 26.1. The fraction of sp³-hybridized carbons (Fsp3) is 0.286. The van der Waals surface area contributed by atoms with Crippen LogP contribution in [0.5, 0.6) is 0 Å². The van der Waals surface area contributed by atoms with E-state index >= 15 is 0 Å². The summed E-state index contributed by atoms with van der Waals surface area (Å²) in [5.74, 6) is 1.23. The summed E-state index contributed by atoms with van der Waals surface area (Å²) < 4.78 is 6.85. The quantitative estimate of drug-likeness (QED) is 0.462. The van der Waals surface area contributed by atoms with Crippen LogP contribution in [0.4, 0.5) is 0 Å². The molecule has 0 aromatic heterocycles. The van der Waals surface area contributed by atoms with Gasteiger partial charge >= 0.3 is 181 Å². The first kappa shape index (κ1) is 24.5. The van der Waals surface area contributed by atoms with E-state index in [0.717, 1.165) is 0 Å². The predicted molar refractivity (Wildman–Crippen MR) is 122 cm³/mol. The molecule has 0 saturated carbocycles. The molecular formula is C28H30Cl2Hf. The van der Waals surface area contributed by atoms with E-state index in [0.29, 0.717) is 11.8 Å². The van der Waals surface area contributed by atoms with Crippen molar-refractivity contribution in [3.05, 3.63) is 102 Å². The number of halogens is 2. The zero-order chi connectivity index (χ0) is 20.2. The second kappa shape index (κ2) is 9.38. The molecule has 2 aromatic rings.